The van der Waals surface area contributed by atoms with E-state index in [0.29, 0.717) is 5.56 Å². The lowest BCUT2D eigenvalue weighted by Gasteiger charge is -2.21. The lowest BCUT2D eigenvalue weighted by molar-refractivity contribution is -0.131. The number of hydrogen-bond acceptors (Lipinski definition) is 5. The number of carbonyl (C=O) groups is 2. The maximum absolute atomic E-state index is 12.6. The summed E-state index contributed by atoms with van der Waals surface area (Å²) < 4.78 is 28.7. The van der Waals surface area contributed by atoms with E-state index < -0.39 is 24.1 Å². The average molecular weight is 365 g/mol. The van der Waals surface area contributed by atoms with Gasteiger partial charge in [0.05, 0.1) is 6.21 Å². The number of urea groups is 1. The first-order valence-corrected chi connectivity index (χ1v) is 8.07. The van der Waals surface area contributed by atoms with Gasteiger partial charge in [0, 0.05) is 4.88 Å². The Morgan fingerprint density at radius 1 is 1.28 bits per heavy atom. The van der Waals surface area contributed by atoms with Crippen LogP contribution in [0.1, 0.15) is 17.4 Å². The van der Waals surface area contributed by atoms with Gasteiger partial charge in [0.25, 0.3) is 5.91 Å². The van der Waals surface area contributed by atoms with Gasteiger partial charge >= 0.3 is 12.6 Å². The molecule has 3 rings (SSSR count). The summed E-state index contributed by atoms with van der Waals surface area (Å²) >= 11 is 1.42. The molecule has 0 saturated carbocycles. The molecule has 25 heavy (non-hydrogen) atoms. The van der Waals surface area contributed by atoms with Crippen LogP contribution in [0.5, 0.6) is 5.75 Å². The molecule has 0 bridgehead atoms. The molecule has 1 aromatic heterocycles. The second-order valence-corrected chi connectivity index (χ2v) is 6.31. The van der Waals surface area contributed by atoms with Crippen LogP contribution in [0.4, 0.5) is 13.6 Å². The number of benzene rings is 1. The molecule has 130 valence electrons. The van der Waals surface area contributed by atoms with E-state index in [0.717, 1.165) is 9.89 Å². The van der Waals surface area contributed by atoms with Crippen molar-refractivity contribution in [1.82, 2.24) is 10.3 Å². The van der Waals surface area contributed by atoms with Crippen LogP contribution in [0.15, 0.2) is 46.9 Å². The van der Waals surface area contributed by atoms with Gasteiger partial charge in [-0.3, -0.25) is 4.79 Å². The van der Waals surface area contributed by atoms with Crippen molar-refractivity contribution < 1.29 is 23.1 Å². The summed E-state index contributed by atoms with van der Waals surface area (Å²) in [5.74, 6) is -0.598. The van der Waals surface area contributed by atoms with Crippen LogP contribution in [0, 0.1) is 0 Å². The summed E-state index contributed by atoms with van der Waals surface area (Å²) in [7, 11) is 0. The molecule has 6 nitrogen and oxygen atoms in total. The molecule has 0 radical (unpaired) electrons. The number of ether oxygens (including phenoxy) is 1. The summed E-state index contributed by atoms with van der Waals surface area (Å²) in [6.45, 7) is -1.41. The van der Waals surface area contributed by atoms with Gasteiger partial charge in [0.15, 0.2) is 0 Å². The highest BCUT2D eigenvalue weighted by molar-refractivity contribution is 7.11. The maximum atomic E-state index is 12.6. The van der Waals surface area contributed by atoms with Gasteiger partial charge in [0.1, 0.15) is 11.3 Å². The first-order valence-electron chi connectivity index (χ1n) is 7.20. The minimum Gasteiger partial charge on any atom is -0.435 e. The summed E-state index contributed by atoms with van der Waals surface area (Å²) in [5.41, 5.74) is -0.908. The Morgan fingerprint density at radius 3 is 2.60 bits per heavy atom. The van der Waals surface area contributed by atoms with Gasteiger partial charge in [-0.15, -0.1) is 16.3 Å². The van der Waals surface area contributed by atoms with Crippen molar-refractivity contribution in [2.75, 3.05) is 0 Å². The number of amides is 3. The molecule has 2 aromatic rings. The molecule has 0 aliphatic carbocycles. The van der Waals surface area contributed by atoms with E-state index in [1.165, 1.54) is 48.7 Å². The lowest BCUT2D eigenvalue weighted by Crippen LogP contribution is -2.40. The van der Waals surface area contributed by atoms with E-state index in [1.807, 2.05) is 11.4 Å². The lowest BCUT2D eigenvalue weighted by atomic mass is 9.92. The molecule has 3 amide bonds. The quantitative estimate of drug-likeness (QED) is 0.654. The minimum atomic E-state index is -2.93. The van der Waals surface area contributed by atoms with E-state index in [1.54, 1.807) is 6.07 Å². The van der Waals surface area contributed by atoms with E-state index in [-0.39, 0.29) is 5.75 Å². The molecule has 0 spiro atoms. The van der Waals surface area contributed by atoms with Crippen molar-refractivity contribution in [2.45, 2.75) is 19.1 Å². The van der Waals surface area contributed by atoms with Crippen molar-refractivity contribution in [1.29, 1.82) is 0 Å². The van der Waals surface area contributed by atoms with Crippen LogP contribution in [-0.2, 0) is 10.3 Å². The van der Waals surface area contributed by atoms with Crippen LogP contribution in [0.2, 0.25) is 0 Å². The van der Waals surface area contributed by atoms with Gasteiger partial charge in [-0.25, -0.2) is 4.79 Å². The van der Waals surface area contributed by atoms with Crippen molar-refractivity contribution in [2.24, 2.45) is 5.10 Å². The van der Waals surface area contributed by atoms with Gasteiger partial charge < -0.3 is 10.1 Å². The fourth-order valence-electron chi connectivity index (χ4n) is 2.37. The Morgan fingerprint density at radius 2 is 2.00 bits per heavy atom. The van der Waals surface area contributed by atoms with Crippen molar-refractivity contribution in [3.8, 4) is 5.75 Å². The summed E-state index contributed by atoms with van der Waals surface area (Å²) in [6.07, 6.45) is 1.42. The molecule has 9 heteroatoms. The third kappa shape index (κ3) is 3.36. The number of hydrazone groups is 1. The first-order chi connectivity index (χ1) is 11.9. The zero-order chi connectivity index (χ0) is 18.0. The zero-order valence-corrected chi connectivity index (χ0v) is 13.8. The highest BCUT2D eigenvalue weighted by Gasteiger charge is 2.49. The predicted octanol–water partition coefficient (Wildman–Crippen LogP) is 3.15. The molecule has 1 saturated heterocycles. The van der Waals surface area contributed by atoms with Crippen molar-refractivity contribution in [3.63, 3.8) is 0 Å². The summed E-state index contributed by atoms with van der Waals surface area (Å²) in [5, 5.41) is 9.11. The molecular weight excluding hydrogens is 352 g/mol. The van der Waals surface area contributed by atoms with E-state index >= 15 is 0 Å². The Hall–Kier alpha value is -2.81. The van der Waals surface area contributed by atoms with Crippen LogP contribution in [-0.4, -0.2) is 29.8 Å². The standard InChI is InChI=1S/C16H13F2N3O3S/c1-16(10-4-6-11(7-5-10)24-14(17)18)13(22)21(15(23)20-16)19-9-12-3-2-8-25-12/h2-9,14H,1H3,(H,20,23)/t16-/m1/s1. The molecule has 1 fully saturated rings. The first kappa shape index (κ1) is 17.0. The van der Waals surface area contributed by atoms with Gasteiger partial charge in [-0.1, -0.05) is 18.2 Å². The normalized spacial score (nSPS) is 20.6. The molecule has 1 N–H and O–H groups in total. The average Bonchev–Trinajstić information content (AvgIpc) is 3.14. The second-order valence-electron chi connectivity index (χ2n) is 5.33. The topological polar surface area (TPSA) is 71.0 Å². The predicted molar refractivity (Wildman–Crippen MR) is 87.7 cm³/mol. The van der Waals surface area contributed by atoms with Crippen LogP contribution < -0.4 is 10.1 Å². The number of imide groups is 1. The zero-order valence-electron chi connectivity index (χ0n) is 13.0. The number of hydrogen-bond donors (Lipinski definition) is 1. The Kier molecular flexibility index (Phi) is 4.49. The molecule has 1 aliphatic rings. The van der Waals surface area contributed by atoms with Crippen LogP contribution in [0.25, 0.3) is 0 Å². The SMILES string of the molecule is C[C@]1(c2ccc(OC(F)F)cc2)NC(=O)N(N=Cc2cccs2)C1=O. The number of rotatable bonds is 5. The highest BCUT2D eigenvalue weighted by Crippen LogP contribution is 2.30. The third-order valence-electron chi connectivity index (χ3n) is 3.67. The molecule has 1 aliphatic heterocycles. The number of halogens is 2. The monoisotopic (exact) mass is 365 g/mol. The number of thiophene rings is 1. The Balaban J connectivity index is 1.81. The molecule has 2 heterocycles. The van der Waals surface area contributed by atoms with Gasteiger partial charge in [-0.05, 0) is 36.1 Å². The fourth-order valence-corrected chi connectivity index (χ4v) is 2.95. The number of nitrogens with zero attached hydrogens (tertiary/aromatic N) is 2. The largest absolute Gasteiger partial charge is 0.435 e. The van der Waals surface area contributed by atoms with Crippen LogP contribution >= 0.6 is 11.3 Å². The van der Waals surface area contributed by atoms with E-state index in [2.05, 4.69) is 15.2 Å². The third-order valence-corrected chi connectivity index (χ3v) is 4.48. The smallest absolute Gasteiger partial charge is 0.387 e. The van der Waals surface area contributed by atoms with Gasteiger partial charge in [0.2, 0.25) is 0 Å². The Labute approximate surface area is 145 Å². The summed E-state index contributed by atoms with van der Waals surface area (Å²) in [6, 6.07) is 8.48. The molecular formula is C16H13F2N3O3S. The number of nitrogens with one attached hydrogen (secondary N) is 1. The second kappa shape index (κ2) is 6.60. The molecule has 1 atom stereocenters. The van der Waals surface area contributed by atoms with E-state index in [4.69, 9.17) is 0 Å². The number of alkyl halides is 2. The number of carbonyl (C=O) groups excluding carboxylic acids is 2. The van der Waals surface area contributed by atoms with Crippen molar-refractivity contribution in [3.05, 3.63) is 52.2 Å². The van der Waals surface area contributed by atoms with Crippen molar-refractivity contribution >= 4 is 29.5 Å². The Bertz CT molecular complexity index is 809. The van der Waals surface area contributed by atoms with E-state index in [9.17, 15) is 18.4 Å². The van der Waals surface area contributed by atoms with Gasteiger partial charge in [-0.2, -0.15) is 13.9 Å². The maximum Gasteiger partial charge on any atom is 0.387 e. The minimum absolute atomic E-state index is 0.0355. The summed E-state index contributed by atoms with van der Waals surface area (Å²) in [4.78, 5) is 25.5. The van der Waals surface area contributed by atoms with Crippen LogP contribution in [0.3, 0.4) is 0 Å². The molecule has 0 unspecified atom stereocenters. The fraction of sp³-hybridized carbons (Fsp3) is 0.188. The highest BCUT2D eigenvalue weighted by atomic mass is 32.1. The molecule has 1 aromatic carbocycles.